The van der Waals surface area contributed by atoms with Crippen LogP contribution in [0.3, 0.4) is 0 Å². The minimum Gasteiger partial charge on any atom is -0.494 e. The van der Waals surface area contributed by atoms with E-state index in [2.05, 4.69) is 67.3 Å². The zero-order chi connectivity index (χ0) is 72.9. The van der Waals surface area contributed by atoms with Gasteiger partial charge in [-0.3, -0.25) is 14.4 Å². The lowest BCUT2D eigenvalue weighted by molar-refractivity contribution is 0.102. The van der Waals surface area contributed by atoms with E-state index < -0.39 is 17.7 Å². The summed E-state index contributed by atoms with van der Waals surface area (Å²) in [7, 11) is 0. The summed E-state index contributed by atoms with van der Waals surface area (Å²) in [6.07, 6.45) is 38.1. The Balaban J connectivity index is 0.748. The highest BCUT2D eigenvalue weighted by Gasteiger charge is 2.21. The molecule has 3 heterocycles. The molecule has 0 fully saturated rings. The van der Waals surface area contributed by atoms with Crippen molar-refractivity contribution in [2.75, 3.05) is 35.8 Å². The highest BCUT2D eigenvalue weighted by atomic mass is 16.5. The van der Waals surface area contributed by atoms with Crippen molar-refractivity contribution in [3.63, 3.8) is 0 Å². The average Bonchev–Trinajstić information content (AvgIpc) is 1.81. The Morgan fingerprint density at radius 3 is 0.638 bits per heavy atom. The molecule has 0 bridgehead atoms. The van der Waals surface area contributed by atoms with Gasteiger partial charge in [-0.2, -0.15) is 0 Å². The first-order valence-electron chi connectivity index (χ1n) is 38.8. The molecule has 0 radical (unpaired) electrons. The molecule has 3 aromatic heterocycles. The molecule has 10 aromatic rings. The Morgan fingerprint density at radius 2 is 0.438 bits per heavy atom. The first-order chi connectivity index (χ1) is 51.7. The number of amides is 3. The van der Waals surface area contributed by atoms with Crippen LogP contribution < -0.4 is 30.2 Å². The van der Waals surface area contributed by atoms with Gasteiger partial charge in [0.2, 0.25) is 35.3 Å². The summed E-state index contributed by atoms with van der Waals surface area (Å²) in [4.78, 5) is 42.8. The van der Waals surface area contributed by atoms with Gasteiger partial charge in [-0.1, -0.05) is 194 Å². The fourth-order valence-corrected chi connectivity index (χ4v) is 12.5. The van der Waals surface area contributed by atoms with Crippen LogP contribution in [0.4, 0.5) is 17.1 Å². The molecular weight excluding hydrogens is 1320 g/mol. The van der Waals surface area contributed by atoms with Gasteiger partial charge in [0, 0.05) is 67.1 Å². The molecule has 0 unspecified atom stereocenters. The third kappa shape index (κ3) is 25.6. The first-order valence-corrected chi connectivity index (χ1v) is 38.8. The molecule has 0 atom stereocenters. The van der Waals surface area contributed by atoms with Crippen molar-refractivity contribution < 1.29 is 41.8 Å². The Hall–Kier alpha value is -10.2. The van der Waals surface area contributed by atoms with E-state index in [1.807, 2.05) is 72.8 Å². The first kappa shape index (κ1) is 77.4. The highest BCUT2D eigenvalue weighted by Crippen LogP contribution is 2.32. The minimum absolute atomic E-state index is 0.0526. The van der Waals surface area contributed by atoms with Crippen LogP contribution >= 0.6 is 0 Å². The van der Waals surface area contributed by atoms with E-state index in [1.165, 1.54) is 172 Å². The van der Waals surface area contributed by atoms with E-state index in [1.54, 1.807) is 72.8 Å². The SMILES string of the molecule is CCCCCCCCCCCCOc1ccc(-c2nnc(-c3ccc(NC(=O)c4cc(C(=O)Nc5ccc(-c6nnc(-c7ccc(OCCCCCCCCCCCC)cc7)o6)cc5)cc(C(=O)Nc5ccc(-c6nnc(-c7ccc(OCCCCCCCCCCCC)cc7)o6)cc5)c4)cc3)o2)cc1. The number of anilines is 3. The number of nitrogens with zero attached hydrogens (tertiary/aromatic N) is 6. The van der Waals surface area contributed by atoms with Crippen LogP contribution in [0.2, 0.25) is 0 Å². The fraction of sp³-hybridized carbons (Fsp3) is 0.414. The number of aromatic nitrogens is 6. The Bertz CT molecular complexity index is 3730. The Labute approximate surface area is 619 Å². The normalized spacial score (nSPS) is 11.2. The zero-order valence-electron chi connectivity index (χ0n) is 61.8. The number of ether oxygens (including phenoxy) is 3. The van der Waals surface area contributed by atoms with Crippen molar-refractivity contribution >= 4 is 34.8 Å². The molecule has 0 spiro atoms. The largest absolute Gasteiger partial charge is 0.494 e. The monoisotopic (exact) mass is 1420 g/mol. The molecule has 0 aliphatic carbocycles. The smallest absolute Gasteiger partial charge is 0.255 e. The van der Waals surface area contributed by atoms with Gasteiger partial charge in [-0.05, 0) is 183 Å². The molecule has 0 saturated carbocycles. The second-order valence-electron chi connectivity index (χ2n) is 27.3. The molecule has 105 heavy (non-hydrogen) atoms. The number of unbranched alkanes of at least 4 members (excludes halogenated alkanes) is 27. The van der Waals surface area contributed by atoms with E-state index in [9.17, 15) is 14.4 Å². The third-order valence-electron chi connectivity index (χ3n) is 18.8. The van der Waals surface area contributed by atoms with Crippen LogP contribution in [0.5, 0.6) is 17.2 Å². The van der Waals surface area contributed by atoms with Crippen molar-refractivity contribution in [1.29, 1.82) is 0 Å². The molecule has 7 aromatic carbocycles. The van der Waals surface area contributed by atoms with Gasteiger partial charge in [0.25, 0.3) is 17.7 Å². The van der Waals surface area contributed by atoms with E-state index in [4.69, 9.17) is 27.5 Å². The number of carbonyl (C=O) groups is 3. The average molecular weight is 1420 g/mol. The molecule has 0 saturated heterocycles. The van der Waals surface area contributed by atoms with Crippen molar-refractivity contribution in [2.45, 2.75) is 213 Å². The Kier molecular flexibility index (Phi) is 31.8. The molecule has 552 valence electrons. The second kappa shape index (κ2) is 43.1. The summed E-state index contributed by atoms with van der Waals surface area (Å²) in [5.74, 6) is 2.61. The van der Waals surface area contributed by atoms with Crippen LogP contribution in [0.25, 0.3) is 68.7 Å². The van der Waals surface area contributed by atoms with Gasteiger partial charge in [0.15, 0.2) is 0 Å². The summed E-state index contributed by atoms with van der Waals surface area (Å²) >= 11 is 0. The summed E-state index contributed by atoms with van der Waals surface area (Å²) < 4.78 is 36.4. The van der Waals surface area contributed by atoms with Gasteiger partial charge in [-0.15, -0.1) is 30.6 Å². The van der Waals surface area contributed by atoms with Crippen molar-refractivity contribution in [2.24, 2.45) is 0 Å². The fourth-order valence-electron chi connectivity index (χ4n) is 12.5. The predicted molar refractivity (Wildman–Crippen MR) is 418 cm³/mol. The number of benzene rings is 7. The summed E-state index contributed by atoms with van der Waals surface area (Å²) in [5, 5.41) is 34.6. The van der Waals surface area contributed by atoms with Crippen molar-refractivity contribution in [3.05, 3.63) is 180 Å². The van der Waals surface area contributed by atoms with Gasteiger partial charge < -0.3 is 43.4 Å². The van der Waals surface area contributed by atoms with Crippen LogP contribution in [0.1, 0.15) is 244 Å². The lowest BCUT2D eigenvalue weighted by atomic mass is 10.0. The zero-order valence-corrected chi connectivity index (χ0v) is 61.8. The summed E-state index contributed by atoms with van der Waals surface area (Å²) in [6, 6.07) is 48.0. The molecule has 0 aliphatic heterocycles. The van der Waals surface area contributed by atoms with Crippen LogP contribution in [0, 0.1) is 0 Å². The molecule has 3 N–H and O–H groups in total. The summed E-state index contributed by atoms with van der Waals surface area (Å²) in [6.45, 7) is 8.78. The Morgan fingerprint density at radius 1 is 0.257 bits per heavy atom. The second-order valence-corrected chi connectivity index (χ2v) is 27.3. The number of hydrogen-bond donors (Lipinski definition) is 3. The maximum atomic E-state index is 14.3. The molecule has 0 aliphatic rings. The lowest BCUT2D eigenvalue weighted by Gasteiger charge is -2.12. The third-order valence-corrected chi connectivity index (χ3v) is 18.8. The standard InChI is InChI=1S/C87H105N9O9/c1-4-7-10-13-16-19-22-25-28-31-58-100-76-52-40-67(41-53-76)85-94-91-82(103-85)64-34-46-73(47-35-64)88-79(97)70-61-71(80(98)89-74-48-36-65(37-49-74)83-92-95-86(104-83)68-42-54-77(55-43-68)101-59-32-29-26-23-20-17-14-11-8-5-2)63-72(62-70)81(99)90-75-50-38-66(39-51-75)84-93-96-87(105-84)69-44-56-78(57-45-69)102-60-33-30-27-24-21-18-15-12-9-6-3/h34-57,61-63H,4-33,58-60H2,1-3H3,(H,88,97)(H,89,98)(H,90,99). The summed E-state index contributed by atoms with van der Waals surface area (Å²) in [5.41, 5.74) is 5.64. The molecular formula is C87H105N9O9. The van der Waals surface area contributed by atoms with Crippen LogP contribution in [0.15, 0.2) is 177 Å². The minimum atomic E-state index is -0.568. The number of nitrogens with one attached hydrogen (secondary N) is 3. The van der Waals surface area contributed by atoms with Gasteiger partial charge >= 0.3 is 0 Å². The quantitative estimate of drug-likeness (QED) is 0.0301. The predicted octanol–water partition coefficient (Wildman–Crippen LogP) is 23.5. The molecule has 18 nitrogen and oxygen atoms in total. The maximum Gasteiger partial charge on any atom is 0.255 e. The van der Waals surface area contributed by atoms with Crippen LogP contribution in [-0.2, 0) is 0 Å². The van der Waals surface area contributed by atoms with Gasteiger partial charge in [-0.25, -0.2) is 0 Å². The van der Waals surface area contributed by atoms with Crippen LogP contribution in [-0.4, -0.2) is 68.1 Å². The van der Waals surface area contributed by atoms with Gasteiger partial charge in [0.05, 0.1) is 19.8 Å². The topological polar surface area (TPSA) is 232 Å². The van der Waals surface area contributed by atoms with E-state index in [0.717, 1.165) is 72.5 Å². The number of rotatable bonds is 48. The number of carbonyl (C=O) groups excluding carboxylic acids is 3. The van der Waals surface area contributed by atoms with Crippen molar-refractivity contribution in [1.82, 2.24) is 30.6 Å². The number of hydrogen-bond acceptors (Lipinski definition) is 15. The lowest BCUT2D eigenvalue weighted by Crippen LogP contribution is -2.19. The molecule has 18 heteroatoms. The van der Waals surface area contributed by atoms with E-state index >= 15 is 0 Å². The van der Waals surface area contributed by atoms with Gasteiger partial charge in [0.1, 0.15) is 17.2 Å². The maximum absolute atomic E-state index is 14.3. The van der Waals surface area contributed by atoms with E-state index in [-0.39, 0.29) is 16.7 Å². The highest BCUT2D eigenvalue weighted by molar-refractivity contribution is 6.13. The van der Waals surface area contributed by atoms with E-state index in [0.29, 0.717) is 88.9 Å². The molecule has 10 rings (SSSR count). The molecule has 3 amide bonds. The van der Waals surface area contributed by atoms with Crippen molar-refractivity contribution in [3.8, 4) is 86.0 Å².